The van der Waals surface area contributed by atoms with Gasteiger partial charge in [-0.05, 0) is 78.4 Å². The number of hydrogen-bond donors (Lipinski definition) is 3. The number of benzene rings is 4. The summed E-state index contributed by atoms with van der Waals surface area (Å²) in [6.45, 7) is 0. The van der Waals surface area contributed by atoms with E-state index in [2.05, 4.69) is 16.0 Å². The largest absolute Gasteiger partial charge is 0.497 e. The first-order valence-electron chi connectivity index (χ1n) is 12.3. The molecule has 208 valence electrons. The molecule has 0 radical (unpaired) electrons. The average molecular weight is 607 g/mol. The number of anilines is 2. The Balaban J connectivity index is 1.41. The van der Waals surface area contributed by atoms with E-state index in [1.807, 2.05) is 0 Å². The molecule has 0 saturated carbocycles. The van der Waals surface area contributed by atoms with Crippen LogP contribution in [0.3, 0.4) is 0 Å². The lowest BCUT2D eigenvalue weighted by Crippen LogP contribution is -2.30. The van der Waals surface area contributed by atoms with Crippen molar-refractivity contribution >= 4 is 70.1 Å². The van der Waals surface area contributed by atoms with Crippen molar-refractivity contribution in [2.45, 2.75) is 4.90 Å². The Hall–Kier alpha value is -4.24. The van der Waals surface area contributed by atoms with Crippen LogP contribution in [0.4, 0.5) is 11.4 Å². The Morgan fingerprint density at radius 1 is 0.805 bits per heavy atom. The molecule has 7 nitrogen and oxygen atoms in total. The van der Waals surface area contributed by atoms with E-state index in [4.69, 9.17) is 27.9 Å². The summed E-state index contributed by atoms with van der Waals surface area (Å²) in [5, 5.41) is 9.08. The maximum atomic E-state index is 13.3. The van der Waals surface area contributed by atoms with Crippen LogP contribution in [0.5, 0.6) is 5.75 Å². The van der Waals surface area contributed by atoms with Crippen molar-refractivity contribution in [2.24, 2.45) is 0 Å². The number of thioether (sulfide) groups is 1. The lowest BCUT2D eigenvalue weighted by molar-refractivity contribution is -0.114. The molecule has 0 unspecified atom stereocenters. The van der Waals surface area contributed by atoms with Crippen LogP contribution in [0.1, 0.15) is 15.9 Å². The number of carbonyl (C=O) groups excluding carboxylic acids is 3. The fourth-order valence-corrected chi connectivity index (χ4v) is 4.59. The van der Waals surface area contributed by atoms with Crippen LogP contribution in [-0.4, -0.2) is 30.6 Å². The molecule has 0 aliphatic heterocycles. The molecule has 0 aliphatic rings. The summed E-state index contributed by atoms with van der Waals surface area (Å²) >= 11 is 13.2. The predicted molar refractivity (Wildman–Crippen MR) is 166 cm³/mol. The van der Waals surface area contributed by atoms with Crippen LogP contribution < -0.4 is 20.7 Å². The molecular formula is C31H25Cl2N3O4S. The maximum absolute atomic E-state index is 13.3. The first kappa shape index (κ1) is 29.7. The molecule has 0 spiro atoms. The van der Waals surface area contributed by atoms with E-state index >= 15 is 0 Å². The Morgan fingerprint density at radius 3 is 2.24 bits per heavy atom. The SMILES string of the molecule is COc1cccc(/C=C(\NC(=O)c2ccccc2)C(=O)Nc2ccc(SCC(=O)Nc3ccc(Cl)c(Cl)c3)cc2)c1. The summed E-state index contributed by atoms with van der Waals surface area (Å²) < 4.78 is 5.27. The third kappa shape index (κ3) is 8.88. The summed E-state index contributed by atoms with van der Waals surface area (Å²) in [5.41, 5.74) is 2.23. The number of nitrogens with one attached hydrogen (secondary N) is 3. The van der Waals surface area contributed by atoms with Gasteiger partial charge in [-0.3, -0.25) is 14.4 Å². The van der Waals surface area contributed by atoms with Gasteiger partial charge in [0.15, 0.2) is 0 Å². The zero-order valence-electron chi connectivity index (χ0n) is 21.8. The van der Waals surface area contributed by atoms with Gasteiger partial charge in [-0.2, -0.15) is 0 Å². The fourth-order valence-electron chi connectivity index (χ4n) is 3.59. The number of carbonyl (C=O) groups is 3. The van der Waals surface area contributed by atoms with Crippen LogP contribution in [0, 0.1) is 0 Å². The van der Waals surface area contributed by atoms with E-state index in [0.717, 1.165) is 4.90 Å². The van der Waals surface area contributed by atoms with Gasteiger partial charge >= 0.3 is 0 Å². The zero-order chi connectivity index (χ0) is 29.2. The minimum Gasteiger partial charge on any atom is -0.497 e. The van der Waals surface area contributed by atoms with Crippen molar-refractivity contribution in [3.63, 3.8) is 0 Å². The van der Waals surface area contributed by atoms with Gasteiger partial charge in [-0.15, -0.1) is 11.8 Å². The average Bonchev–Trinajstić information content (AvgIpc) is 2.99. The molecule has 0 fully saturated rings. The van der Waals surface area contributed by atoms with E-state index in [-0.39, 0.29) is 17.4 Å². The summed E-state index contributed by atoms with van der Waals surface area (Å²) in [4.78, 5) is 39.3. The van der Waals surface area contributed by atoms with Crippen LogP contribution in [0.2, 0.25) is 10.0 Å². The van der Waals surface area contributed by atoms with E-state index in [9.17, 15) is 14.4 Å². The normalized spacial score (nSPS) is 11.0. The highest BCUT2D eigenvalue weighted by Crippen LogP contribution is 2.26. The Labute approximate surface area is 251 Å². The third-order valence-electron chi connectivity index (χ3n) is 5.62. The monoisotopic (exact) mass is 605 g/mol. The van der Waals surface area contributed by atoms with Crippen LogP contribution in [0.25, 0.3) is 6.08 Å². The standard InChI is InChI=1S/C31H25Cl2N3O4S/c1-40-24-9-5-6-20(16-24)17-28(36-30(38)21-7-3-2-4-8-21)31(39)35-22-10-13-25(14-11-22)41-19-29(37)34-23-12-15-26(32)27(33)18-23/h2-18H,19H2,1H3,(H,34,37)(H,35,39)(H,36,38)/b28-17-. The molecule has 4 aromatic carbocycles. The molecule has 41 heavy (non-hydrogen) atoms. The zero-order valence-corrected chi connectivity index (χ0v) is 24.1. The number of halogens is 2. The lowest BCUT2D eigenvalue weighted by atomic mass is 10.1. The van der Waals surface area contributed by atoms with Crippen molar-refractivity contribution in [1.82, 2.24) is 5.32 Å². The summed E-state index contributed by atoms with van der Waals surface area (Å²) in [7, 11) is 1.55. The van der Waals surface area contributed by atoms with Gasteiger partial charge in [-0.25, -0.2) is 0 Å². The summed E-state index contributed by atoms with van der Waals surface area (Å²) in [6, 6.07) is 27.7. The molecule has 0 aliphatic carbocycles. The van der Waals surface area contributed by atoms with Gasteiger partial charge in [0.05, 0.1) is 22.9 Å². The second-order valence-electron chi connectivity index (χ2n) is 8.60. The molecule has 4 aromatic rings. The number of rotatable bonds is 10. The van der Waals surface area contributed by atoms with Crippen LogP contribution in [-0.2, 0) is 9.59 Å². The lowest BCUT2D eigenvalue weighted by Gasteiger charge is -2.12. The molecule has 0 heterocycles. The summed E-state index contributed by atoms with van der Waals surface area (Å²) in [6.07, 6.45) is 1.58. The minimum absolute atomic E-state index is 0.0598. The molecule has 3 amide bonds. The predicted octanol–water partition coefficient (Wildman–Crippen LogP) is 7.14. The fraction of sp³-hybridized carbons (Fsp3) is 0.0645. The van der Waals surface area contributed by atoms with Gasteiger partial charge in [0, 0.05) is 21.8 Å². The van der Waals surface area contributed by atoms with E-state index in [0.29, 0.717) is 38.3 Å². The number of hydrogen-bond acceptors (Lipinski definition) is 5. The highest BCUT2D eigenvalue weighted by atomic mass is 35.5. The highest BCUT2D eigenvalue weighted by Gasteiger charge is 2.15. The number of ether oxygens (including phenoxy) is 1. The smallest absolute Gasteiger partial charge is 0.272 e. The maximum Gasteiger partial charge on any atom is 0.272 e. The third-order valence-corrected chi connectivity index (χ3v) is 7.37. The molecule has 0 saturated heterocycles. The highest BCUT2D eigenvalue weighted by molar-refractivity contribution is 8.00. The molecule has 0 atom stereocenters. The summed E-state index contributed by atoms with van der Waals surface area (Å²) in [5.74, 6) is -0.330. The first-order valence-corrected chi connectivity index (χ1v) is 14.1. The van der Waals surface area contributed by atoms with E-state index in [1.165, 1.54) is 11.8 Å². The van der Waals surface area contributed by atoms with Crippen molar-refractivity contribution < 1.29 is 19.1 Å². The van der Waals surface area contributed by atoms with Crippen molar-refractivity contribution in [3.8, 4) is 5.75 Å². The van der Waals surface area contributed by atoms with Crippen LogP contribution >= 0.6 is 35.0 Å². The molecule has 10 heteroatoms. The first-order chi connectivity index (χ1) is 19.8. The second kappa shape index (κ2) is 14.4. The van der Waals surface area contributed by atoms with Crippen molar-refractivity contribution in [3.05, 3.63) is 124 Å². The molecule has 0 bridgehead atoms. The van der Waals surface area contributed by atoms with E-state index < -0.39 is 11.8 Å². The molecular weight excluding hydrogens is 581 g/mol. The molecule has 4 rings (SSSR count). The van der Waals surface area contributed by atoms with Gasteiger partial charge in [0.1, 0.15) is 11.4 Å². The Kier molecular flexibility index (Phi) is 10.5. The van der Waals surface area contributed by atoms with Gasteiger partial charge in [0.25, 0.3) is 11.8 Å². The Bertz CT molecular complexity index is 1580. The van der Waals surface area contributed by atoms with Gasteiger partial charge < -0.3 is 20.7 Å². The van der Waals surface area contributed by atoms with Gasteiger partial charge in [-0.1, -0.05) is 53.5 Å². The topological polar surface area (TPSA) is 96.5 Å². The second-order valence-corrected chi connectivity index (χ2v) is 10.5. The minimum atomic E-state index is -0.501. The molecule has 0 aromatic heterocycles. The quantitative estimate of drug-likeness (QED) is 0.132. The van der Waals surface area contributed by atoms with E-state index in [1.54, 1.807) is 110 Å². The number of methoxy groups -OCH3 is 1. The number of amides is 3. The van der Waals surface area contributed by atoms with Gasteiger partial charge in [0.2, 0.25) is 5.91 Å². The Morgan fingerprint density at radius 2 is 1.54 bits per heavy atom. The van der Waals surface area contributed by atoms with Crippen molar-refractivity contribution in [1.29, 1.82) is 0 Å². The van der Waals surface area contributed by atoms with Crippen LogP contribution in [0.15, 0.2) is 108 Å². The molecule has 3 N–H and O–H groups in total. The van der Waals surface area contributed by atoms with Crippen molar-refractivity contribution in [2.75, 3.05) is 23.5 Å².